The first-order valence-electron chi connectivity index (χ1n) is 5.36. The maximum Gasteiger partial charge on any atom is 0.0540 e. The van der Waals surface area contributed by atoms with Crippen LogP contribution in [0.3, 0.4) is 0 Å². The van der Waals surface area contributed by atoms with E-state index in [4.69, 9.17) is 0 Å². The first-order chi connectivity index (χ1) is 5.68. The molecule has 0 aliphatic heterocycles. The molecule has 13 heavy (non-hydrogen) atoms. The Labute approximate surface area is 83.5 Å². The van der Waals surface area contributed by atoms with E-state index in [1.54, 1.807) is 0 Å². The molecule has 1 nitrogen and oxygen atoms in total. The molecule has 1 heteroatoms. The third kappa shape index (κ3) is 3.68. The first kappa shape index (κ1) is 13.0. The molecule has 0 aromatic carbocycles. The van der Waals surface area contributed by atoms with E-state index >= 15 is 0 Å². The summed E-state index contributed by atoms with van der Waals surface area (Å²) in [5, 5.41) is 9.51. The summed E-state index contributed by atoms with van der Waals surface area (Å²) >= 11 is 0. The zero-order valence-corrected chi connectivity index (χ0v) is 10.3. The molecule has 0 aliphatic rings. The van der Waals surface area contributed by atoms with Crippen molar-refractivity contribution < 1.29 is 5.11 Å². The maximum atomic E-state index is 9.51. The molecule has 1 N–H and O–H groups in total. The van der Waals surface area contributed by atoms with Gasteiger partial charge in [-0.25, -0.2) is 0 Å². The Hall–Kier alpha value is -0.0400. The summed E-state index contributed by atoms with van der Waals surface area (Å²) in [6.07, 6.45) is -0.195. The van der Waals surface area contributed by atoms with Crippen LogP contribution < -0.4 is 0 Å². The van der Waals surface area contributed by atoms with Crippen molar-refractivity contribution in [3.63, 3.8) is 0 Å². The van der Waals surface area contributed by atoms with Gasteiger partial charge in [-0.1, -0.05) is 41.5 Å². The van der Waals surface area contributed by atoms with Crippen molar-refractivity contribution in [2.45, 2.75) is 54.6 Å². The highest BCUT2D eigenvalue weighted by molar-refractivity contribution is 4.79. The van der Waals surface area contributed by atoms with Crippen molar-refractivity contribution in [3.8, 4) is 0 Å². The lowest BCUT2D eigenvalue weighted by Crippen LogP contribution is -2.32. The van der Waals surface area contributed by atoms with Gasteiger partial charge in [0.05, 0.1) is 6.10 Å². The Bertz CT molecular complexity index is 144. The van der Waals surface area contributed by atoms with Gasteiger partial charge in [-0.3, -0.25) is 0 Å². The lowest BCUT2D eigenvalue weighted by Gasteiger charge is -2.36. The summed E-state index contributed by atoms with van der Waals surface area (Å²) in [6.45, 7) is 15.3. The fourth-order valence-electron chi connectivity index (χ4n) is 1.68. The minimum Gasteiger partial charge on any atom is -0.393 e. The summed E-state index contributed by atoms with van der Waals surface area (Å²) in [5.41, 5.74) is 0.336. The zero-order valence-electron chi connectivity index (χ0n) is 10.3. The van der Waals surface area contributed by atoms with Crippen LogP contribution >= 0.6 is 0 Å². The largest absolute Gasteiger partial charge is 0.393 e. The fraction of sp³-hybridized carbons (Fsp3) is 1.00. The van der Waals surface area contributed by atoms with Crippen molar-refractivity contribution in [2.75, 3.05) is 0 Å². The van der Waals surface area contributed by atoms with Gasteiger partial charge in [0.1, 0.15) is 0 Å². The van der Waals surface area contributed by atoms with Gasteiger partial charge in [0, 0.05) is 0 Å². The van der Waals surface area contributed by atoms with Crippen LogP contribution in [-0.2, 0) is 0 Å². The highest BCUT2D eigenvalue weighted by Gasteiger charge is 2.30. The van der Waals surface area contributed by atoms with Gasteiger partial charge in [-0.15, -0.1) is 0 Å². The second kappa shape index (κ2) is 4.45. The molecule has 80 valence electrons. The van der Waals surface area contributed by atoms with E-state index in [1.165, 1.54) is 0 Å². The van der Waals surface area contributed by atoms with Gasteiger partial charge in [-0.2, -0.15) is 0 Å². The first-order valence-corrected chi connectivity index (χ1v) is 5.36. The second-order valence-corrected chi connectivity index (χ2v) is 5.61. The highest BCUT2D eigenvalue weighted by Crippen LogP contribution is 2.36. The van der Waals surface area contributed by atoms with E-state index in [0.717, 1.165) is 0 Å². The molecule has 0 spiro atoms. The van der Waals surface area contributed by atoms with Gasteiger partial charge in [0.25, 0.3) is 0 Å². The molecule has 0 bridgehead atoms. The van der Waals surface area contributed by atoms with Crippen molar-refractivity contribution in [1.29, 1.82) is 0 Å². The Balaban J connectivity index is 4.34. The Morgan fingerprint density at radius 3 is 1.46 bits per heavy atom. The molecule has 0 fully saturated rings. The Kier molecular flexibility index (Phi) is 4.44. The van der Waals surface area contributed by atoms with Crippen molar-refractivity contribution >= 4 is 0 Å². The average molecular weight is 186 g/mol. The normalized spacial score (nSPS) is 22.2. The van der Waals surface area contributed by atoms with Crippen LogP contribution in [0.15, 0.2) is 0 Å². The smallest absolute Gasteiger partial charge is 0.0540 e. The van der Waals surface area contributed by atoms with E-state index in [-0.39, 0.29) is 6.10 Å². The van der Waals surface area contributed by atoms with Crippen LogP contribution in [0.1, 0.15) is 48.5 Å². The average Bonchev–Trinajstić information content (AvgIpc) is 1.98. The standard InChI is InChI=1S/C12H26O/c1-8(9(2)11(4)13)10(3)12(5,6)7/h8-11,13H,1-7H3/t8-,9-,10+,11+/m1/s1. The highest BCUT2D eigenvalue weighted by atomic mass is 16.3. The third-order valence-corrected chi connectivity index (χ3v) is 3.74. The van der Waals surface area contributed by atoms with E-state index in [9.17, 15) is 5.11 Å². The molecule has 0 rings (SSSR count). The summed E-state index contributed by atoms with van der Waals surface area (Å²) in [7, 11) is 0. The van der Waals surface area contributed by atoms with Crippen LogP contribution in [0.5, 0.6) is 0 Å². The molecular weight excluding hydrogens is 160 g/mol. The van der Waals surface area contributed by atoms with Crippen LogP contribution in [0, 0.1) is 23.2 Å². The summed E-state index contributed by atoms with van der Waals surface area (Å²) in [5.74, 6) is 1.59. The maximum absolute atomic E-state index is 9.51. The van der Waals surface area contributed by atoms with E-state index < -0.39 is 0 Å². The number of aliphatic hydroxyl groups is 1. The number of hydrogen-bond donors (Lipinski definition) is 1. The third-order valence-electron chi connectivity index (χ3n) is 3.74. The van der Waals surface area contributed by atoms with Gasteiger partial charge >= 0.3 is 0 Å². The fourth-order valence-corrected chi connectivity index (χ4v) is 1.68. The summed E-state index contributed by atoms with van der Waals surface area (Å²) in [4.78, 5) is 0. The second-order valence-electron chi connectivity index (χ2n) is 5.61. The van der Waals surface area contributed by atoms with Gasteiger partial charge in [0.2, 0.25) is 0 Å². The minimum absolute atomic E-state index is 0.195. The van der Waals surface area contributed by atoms with Crippen LogP contribution in [0.25, 0.3) is 0 Å². The number of hydrogen-bond acceptors (Lipinski definition) is 1. The van der Waals surface area contributed by atoms with Gasteiger partial charge in [-0.05, 0) is 30.1 Å². The number of aliphatic hydroxyl groups excluding tert-OH is 1. The molecule has 0 aromatic rings. The van der Waals surface area contributed by atoms with Crippen LogP contribution in [0.2, 0.25) is 0 Å². The molecule has 0 heterocycles. The lowest BCUT2D eigenvalue weighted by atomic mass is 9.70. The molecule has 4 atom stereocenters. The van der Waals surface area contributed by atoms with Gasteiger partial charge in [0.15, 0.2) is 0 Å². The monoisotopic (exact) mass is 186 g/mol. The predicted molar refractivity (Wildman–Crippen MR) is 58.6 cm³/mol. The SMILES string of the molecule is C[C@H]([C@@H](C)[C@H](C)C(C)(C)C)[C@H](C)O. The van der Waals surface area contributed by atoms with E-state index in [1.807, 2.05) is 6.92 Å². The molecule has 0 amide bonds. The predicted octanol–water partition coefficient (Wildman–Crippen LogP) is 3.32. The molecule has 0 unspecified atom stereocenters. The molecular formula is C12H26O. The molecule has 0 aliphatic carbocycles. The Morgan fingerprint density at radius 2 is 1.23 bits per heavy atom. The van der Waals surface area contributed by atoms with E-state index in [2.05, 4.69) is 41.5 Å². The molecule has 0 saturated carbocycles. The molecule has 0 radical (unpaired) electrons. The molecule has 0 aromatic heterocycles. The molecule has 0 saturated heterocycles. The minimum atomic E-state index is -0.195. The lowest BCUT2D eigenvalue weighted by molar-refractivity contribution is 0.0554. The van der Waals surface area contributed by atoms with Crippen molar-refractivity contribution in [3.05, 3.63) is 0 Å². The number of rotatable bonds is 3. The van der Waals surface area contributed by atoms with E-state index in [0.29, 0.717) is 23.2 Å². The summed E-state index contributed by atoms with van der Waals surface area (Å²) < 4.78 is 0. The van der Waals surface area contributed by atoms with Crippen LogP contribution in [0.4, 0.5) is 0 Å². The zero-order chi connectivity index (χ0) is 10.8. The van der Waals surface area contributed by atoms with Gasteiger partial charge < -0.3 is 5.11 Å². The van der Waals surface area contributed by atoms with Crippen molar-refractivity contribution in [2.24, 2.45) is 23.2 Å². The topological polar surface area (TPSA) is 20.2 Å². The Morgan fingerprint density at radius 1 is 0.846 bits per heavy atom. The summed E-state index contributed by atoms with van der Waals surface area (Å²) in [6, 6.07) is 0. The quantitative estimate of drug-likeness (QED) is 0.717. The van der Waals surface area contributed by atoms with Crippen molar-refractivity contribution in [1.82, 2.24) is 0 Å². The van der Waals surface area contributed by atoms with Crippen LogP contribution in [-0.4, -0.2) is 11.2 Å².